The van der Waals surface area contributed by atoms with Gasteiger partial charge in [-0.15, -0.1) is 0 Å². The number of fused-ring (bicyclic) bond motifs is 1. The molecule has 3 heteroatoms. The Bertz CT molecular complexity index is 588. The summed E-state index contributed by atoms with van der Waals surface area (Å²) in [6.45, 7) is 2.30. The van der Waals surface area contributed by atoms with Gasteiger partial charge in [-0.1, -0.05) is 49.4 Å². The predicted octanol–water partition coefficient (Wildman–Crippen LogP) is 6.09. The number of halogens is 2. The van der Waals surface area contributed by atoms with Crippen molar-refractivity contribution in [1.82, 2.24) is 4.57 Å². The predicted molar refractivity (Wildman–Crippen MR) is 83.2 cm³/mol. The highest BCUT2D eigenvalue weighted by atomic mass is 35.5. The summed E-state index contributed by atoms with van der Waals surface area (Å²) in [7, 11) is 0. The van der Waals surface area contributed by atoms with Gasteiger partial charge in [0.05, 0.1) is 10.5 Å². The van der Waals surface area contributed by atoms with E-state index in [-0.39, 0.29) is 0 Å². The minimum absolute atomic E-state index is 0.603. The van der Waals surface area contributed by atoms with Gasteiger partial charge in [-0.25, -0.2) is 0 Å². The van der Waals surface area contributed by atoms with Crippen molar-refractivity contribution < 1.29 is 0 Å². The van der Waals surface area contributed by atoms with Crippen LogP contribution in [0.3, 0.4) is 0 Å². The van der Waals surface area contributed by atoms with E-state index in [0.29, 0.717) is 6.04 Å². The zero-order chi connectivity index (χ0) is 13.4. The van der Waals surface area contributed by atoms with Crippen LogP contribution in [0.4, 0.5) is 0 Å². The Morgan fingerprint density at radius 3 is 2.79 bits per heavy atom. The van der Waals surface area contributed by atoms with E-state index < -0.39 is 0 Å². The van der Waals surface area contributed by atoms with Crippen LogP contribution in [0.25, 0.3) is 10.9 Å². The van der Waals surface area contributed by atoms with Crippen LogP contribution in [0, 0.1) is 5.92 Å². The average molecular weight is 296 g/mol. The maximum absolute atomic E-state index is 6.29. The van der Waals surface area contributed by atoms with Crippen molar-refractivity contribution in [1.29, 1.82) is 0 Å². The smallest absolute Gasteiger partial charge is 0.0514 e. The number of nitrogens with zero attached hydrogens (tertiary/aromatic N) is 1. The standard InChI is InChI=1S/C16H19Cl2N/c1-2-11-5-3-4-6-15(11)19-8-7-13-14(18)9-12(17)10-16(13)19/h7-11,15H,2-6H2,1H3. The molecule has 1 aliphatic rings. The summed E-state index contributed by atoms with van der Waals surface area (Å²) in [5.74, 6) is 0.780. The molecule has 0 radical (unpaired) electrons. The Hall–Kier alpha value is -0.660. The fourth-order valence-electron chi connectivity index (χ4n) is 3.50. The van der Waals surface area contributed by atoms with Gasteiger partial charge in [0.2, 0.25) is 0 Å². The highest BCUT2D eigenvalue weighted by Crippen LogP contribution is 2.39. The molecule has 3 rings (SSSR count). The molecule has 19 heavy (non-hydrogen) atoms. The molecule has 0 N–H and O–H groups in total. The minimum Gasteiger partial charge on any atom is -0.344 e. The van der Waals surface area contributed by atoms with Gasteiger partial charge in [0.15, 0.2) is 0 Å². The van der Waals surface area contributed by atoms with Crippen LogP contribution in [0.2, 0.25) is 10.0 Å². The van der Waals surface area contributed by atoms with Gasteiger partial charge in [0, 0.05) is 22.6 Å². The van der Waals surface area contributed by atoms with E-state index in [2.05, 4.69) is 23.8 Å². The van der Waals surface area contributed by atoms with E-state index in [4.69, 9.17) is 23.2 Å². The van der Waals surface area contributed by atoms with E-state index in [0.717, 1.165) is 21.3 Å². The third-order valence-electron chi connectivity index (χ3n) is 4.50. The first-order valence-electron chi connectivity index (χ1n) is 7.16. The molecule has 1 nitrogen and oxygen atoms in total. The van der Waals surface area contributed by atoms with Crippen molar-refractivity contribution in [3.63, 3.8) is 0 Å². The molecule has 1 aromatic carbocycles. The minimum atomic E-state index is 0.603. The van der Waals surface area contributed by atoms with Crippen molar-refractivity contribution in [2.24, 2.45) is 5.92 Å². The van der Waals surface area contributed by atoms with E-state index in [1.807, 2.05) is 12.1 Å². The SMILES string of the molecule is CCC1CCCCC1n1ccc2c(Cl)cc(Cl)cc21. The topological polar surface area (TPSA) is 4.93 Å². The highest BCUT2D eigenvalue weighted by Gasteiger charge is 2.26. The molecule has 0 amide bonds. The van der Waals surface area contributed by atoms with Crippen LogP contribution < -0.4 is 0 Å². The largest absolute Gasteiger partial charge is 0.344 e. The Labute approximate surface area is 124 Å². The van der Waals surface area contributed by atoms with Gasteiger partial charge in [0.25, 0.3) is 0 Å². The Balaban J connectivity index is 2.09. The molecular weight excluding hydrogens is 277 g/mol. The zero-order valence-corrected chi connectivity index (χ0v) is 12.7. The summed E-state index contributed by atoms with van der Waals surface area (Å²) < 4.78 is 2.40. The third-order valence-corrected chi connectivity index (χ3v) is 5.03. The summed E-state index contributed by atoms with van der Waals surface area (Å²) in [4.78, 5) is 0. The number of aromatic nitrogens is 1. The Kier molecular flexibility index (Phi) is 3.77. The lowest BCUT2D eigenvalue weighted by Gasteiger charge is -2.32. The van der Waals surface area contributed by atoms with Gasteiger partial charge >= 0.3 is 0 Å². The molecular formula is C16H19Cl2N. The van der Waals surface area contributed by atoms with Crippen molar-refractivity contribution in [2.45, 2.75) is 45.1 Å². The second-order valence-corrected chi connectivity index (χ2v) is 6.41. The van der Waals surface area contributed by atoms with Crippen LogP contribution in [0.15, 0.2) is 24.4 Å². The molecule has 2 unspecified atom stereocenters. The third kappa shape index (κ3) is 2.39. The molecule has 102 valence electrons. The van der Waals surface area contributed by atoms with Crippen LogP contribution >= 0.6 is 23.2 Å². The van der Waals surface area contributed by atoms with Gasteiger partial charge < -0.3 is 4.57 Å². The van der Waals surface area contributed by atoms with Crippen LogP contribution in [-0.4, -0.2) is 4.57 Å². The number of benzene rings is 1. The molecule has 0 spiro atoms. The fraction of sp³-hybridized carbons (Fsp3) is 0.500. The lowest BCUT2D eigenvalue weighted by atomic mass is 9.82. The molecule has 2 aromatic rings. The highest BCUT2D eigenvalue weighted by molar-refractivity contribution is 6.38. The monoisotopic (exact) mass is 295 g/mol. The molecule has 0 saturated heterocycles. The molecule has 1 fully saturated rings. The molecule has 1 aromatic heterocycles. The molecule has 1 heterocycles. The van der Waals surface area contributed by atoms with Gasteiger partial charge in [0.1, 0.15) is 0 Å². The van der Waals surface area contributed by atoms with Crippen molar-refractivity contribution in [2.75, 3.05) is 0 Å². The normalized spacial score (nSPS) is 23.9. The lowest BCUT2D eigenvalue weighted by molar-refractivity contribution is 0.237. The lowest BCUT2D eigenvalue weighted by Crippen LogP contribution is -2.22. The maximum atomic E-state index is 6.29. The van der Waals surface area contributed by atoms with E-state index >= 15 is 0 Å². The first-order valence-corrected chi connectivity index (χ1v) is 7.92. The number of hydrogen-bond donors (Lipinski definition) is 0. The quantitative estimate of drug-likeness (QED) is 0.632. The summed E-state index contributed by atoms with van der Waals surface area (Å²) in [6, 6.07) is 6.60. The number of rotatable bonds is 2. The zero-order valence-electron chi connectivity index (χ0n) is 11.2. The van der Waals surface area contributed by atoms with E-state index in [1.165, 1.54) is 37.6 Å². The summed E-state index contributed by atoms with van der Waals surface area (Å²) in [5.41, 5.74) is 1.18. The van der Waals surface area contributed by atoms with Crippen molar-refractivity contribution in [3.05, 3.63) is 34.4 Å². The second-order valence-electron chi connectivity index (χ2n) is 5.56. The van der Waals surface area contributed by atoms with Gasteiger partial charge in [-0.3, -0.25) is 0 Å². The Morgan fingerprint density at radius 2 is 2.00 bits per heavy atom. The fourth-order valence-corrected chi connectivity index (χ4v) is 4.05. The maximum Gasteiger partial charge on any atom is 0.0514 e. The second kappa shape index (κ2) is 5.38. The molecule has 0 bridgehead atoms. The van der Waals surface area contributed by atoms with E-state index in [9.17, 15) is 0 Å². The van der Waals surface area contributed by atoms with E-state index in [1.54, 1.807) is 0 Å². The first kappa shape index (κ1) is 13.3. The molecule has 1 saturated carbocycles. The van der Waals surface area contributed by atoms with Crippen molar-refractivity contribution >= 4 is 34.1 Å². The molecule has 2 atom stereocenters. The summed E-state index contributed by atoms with van der Waals surface area (Å²) in [6.07, 6.45) is 8.75. The first-order chi connectivity index (χ1) is 9.20. The van der Waals surface area contributed by atoms with Crippen LogP contribution in [-0.2, 0) is 0 Å². The van der Waals surface area contributed by atoms with Crippen molar-refractivity contribution in [3.8, 4) is 0 Å². The summed E-state index contributed by atoms with van der Waals surface area (Å²) >= 11 is 12.5. The summed E-state index contributed by atoms with van der Waals surface area (Å²) in [5, 5.41) is 2.60. The van der Waals surface area contributed by atoms with Gasteiger partial charge in [-0.05, 0) is 37.0 Å². The van der Waals surface area contributed by atoms with Crippen LogP contribution in [0.1, 0.15) is 45.1 Å². The number of hydrogen-bond acceptors (Lipinski definition) is 0. The molecule has 0 aliphatic heterocycles. The van der Waals surface area contributed by atoms with Gasteiger partial charge in [-0.2, -0.15) is 0 Å². The Morgan fingerprint density at radius 1 is 1.21 bits per heavy atom. The average Bonchev–Trinajstić information content (AvgIpc) is 2.82. The van der Waals surface area contributed by atoms with Crippen LogP contribution in [0.5, 0.6) is 0 Å². The molecule has 1 aliphatic carbocycles.